The molecule has 4 atom stereocenters. The Morgan fingerprint density at radius 3 is 1.57 bits per heavy atom. The van der Waals surface area contributed by atoms with Gasteiger partial charge in [0.05, 0.1) is 24.4 Å². The van der Waals surface area contributed by atoms with E-state index in [0.29, 0.717) is 25.9 Å². The summed E-state index contributed by atoms with van der Waals surface area (Å²) in [5.41, 5.74) is 2.26. The summed E-state index contributed by atoms with van der Waals surface area (Å²) in [7, 11) is 0. The van der Waals surface area contributed by atoms with Crippen LogP contribution in [0.25, 0.3) is 0 Å². The topological polar surface area (TPSA) is 117 Å². The van der Waals surface area contributed by atoms with Gasteiger partial charge in [0.15, 0.2) is 0 Å². The van der Waals surface area contributed by atoms with E-state index in [4.69, 9.17) is 10.2 Å². The van der Waals surface area contributed by atoms with E-state index in [1.165, 1.54) is 5.57 Å². The van der Waals surface area contributed by atoms with Crippen LogP contribution in [-0.2, 0) is 0 Å². The first-order valence-electron chi connectivity index (χ1n) is 10.7. The van der Waals surface area contributed by atoms with E-state index in [1.807, 2.05) is 0 Å². The molecule has 0 amide bonds. The van der Waals surface area contributed by atoms with Gasteiger partial charge in [-0.25, -0.2) is 0 Å². The minimum absolute atomic E-state index is 0.330. The molecule has 0 aliphatic heterocycles. The molecule has 4 unspecified atom stereocenters. The van der Waals surface area contributed by atoms with Crippen molar-refractivity contribution in [3.8, 4) is 0 Å². The Bertz CT molecular complexity index is 365. The second-order valence-corrected chi connectivity index (χ2v) is 7.65. The molecule has 0 aromatic carbocycles. The van der Waals surface area contributed by atoms with Crippen LogP contribution in [0.1, 0.15) is 67.2 Å². The van der Waals surface area contributed by atoms with Gasteiger partial charge in [0.25, 0.3) is 0 Å². The predicted octanol–water partition coefficient (Wildman–Crippen LogP) is 1.12. The number of aliphatic hydroxyl groups is 4. The average molecular weight is 406 g/mol. The van der Waals surface area contributed by atoms with Crippen molar-refractivity contribution in [2.45, 2.75) is 91.6 Å². The van der Waals surface area contributed by atoms with Gasteiger partial charge < -0.3 is 36.4 Å². The van der Waals surface area contributed by atoms with E-state index in [1.54, 1.807) is 27.7 Å². The van der Waals surface area contributed by atoms with Crippen molar-refractivity contribution in [3.05, 3.63) is 11.3 Å². The number of aliphatic hydroxyl groups excluding tert-OH is 4. The van der Waals surface area contributed by atoms with Crippen LogP contribution in [0, 0.1) is 0 Å². The highest BCUT2D eigenvalue weighted by molar-refractivity contribution is 5.16. The molecule has 170 valence electrons. The lowest BCUT2D eigenvalue weighted by Gasteiger charge is -2.20. The normalized spacial score (nSPS) is 16.4. The summed E-state index contributed by atoms with van der Waals surface area (Å²) in [5.74, 6) is 0. The molecule has 0 aliphatic carbocycles. The van der Waals surface area contributed by atoms with Gasteiger partial charge in [-0.1, -0.05) is 13.8 Å². The highest BCUT2D eigenvalue weighted by Gasteiger charge is 2.11. The van der Waals surface area contributed by atoms with Gasteiger partial charge in [-0.2, -0.15) is 0 Å². The van der Waals surface area contributed by atoms with Gasteiger partial charge in [-0.05, 0) is 59.1 Å². The molecule has 0 heterocycles. The van der Waals surface area contributed by atoms with E-state index in [2.05, 4.69) is 29.8 Å². The zero-order valence-corrected chi connectivity index (χ0v) is 19.0. The fraction of sp³-hybridized carbons (Fsp3) is 0.905. The van der Waals surface area contributed by atoms with Gasteiger partial charge in [0.2, 0.25) is 0 Å². The molecule has 28 heavy (non-hydrogen) atoms. The summed E-state index contributed by atoms with van der Waals surface area (Å²) in [6, 6.07) is 0. The van der Waals surface area contributed by atoms with Crippen LogP contribution in [0.15, 0.2) is 11.3 Å². The highest BCUT2D eigenvalue weighted by atomic mass is 16.3. The van der Waals surface area contributed by atoms with Crippen LogP contribution < -0.4 is 16.0 Å². The monoisotopic (exact) mass is 405 g/mol. The molecule has 0 aromatic rings. The summed E-state index contributed by atoms with van der Waals surface area (Å²) in [5, 5.41) is 46.4. The van der Waals surface area contributed by atoms with Gasteiger partial charge >= 0.3 is 0 Å². The largest absolute Gasteiger partial charge is 0.393 e. The summed E-state index contributed by atoms with van der Waals surface area (Å²) in [6.07, 6.45) is 2.03. The van der Waals surface area contributed by atoms with Crippen molar-refractivity contribution in [1.29, 1.82) is 0 Å². The minimum Gasteiger partial charge on any atom is -0.393 e. The summed E-state index contributed by atoms with van der Waals surface area (Å²) in [6.45, 7) is 15.0. The molecule has 7 N–H and O–H groups in total. The Labute approximate surface area is 172 Å². The van der Waals surface area contributed by atoms with Crippen molar-refractivity contribution in [2.75, 3.05) is 32.7 Å². The van der Waals surface area contributed by atoms with Crippen LogP contribution in [0.2, 0.25) is 0 Å². The van der Waals surface area contributed by atoms with Crippen LogP contribution in [-0.4, -0.2) is 77.6 Å². The Morgan fingerprint density at radius 2 is 1.18 bits per heavy atom. The zero-order valence-electron chi connectivity index (χ0n) is 19.0. The standard InChI is InChI=1S/C15H32N2O2.C6H15NO2/c1-5-7-16-11-14(9-12(3)18)15(10-13(4)19)17-8-6-2;1-5(8)3-7-4-6(2)9/h12-13,16-19H,5-11H2,1-4H3;5-9H,3-4H2,1-2H3. The van der Waals surface area contributed by atoms with Gasteiger partial charge in [0.1, 0.15) is 0 Å². The maximum absolute atomic E-state index is 9.64. The predicted molar refractivity (Wildman–Crippen MR) is 117 cm³/mol. The number of rotatable bonds is 15. The lowest BCUT2D eigenvalue weighted by Crippen LogP contribution is -2.30. The van der Waals surface area contributed by atoms with Crippen molar-refractivity contribution >= 4 is 0 Å². The smallest absolute Gasteiger partial charge is 0.0636 e. The number of nitrogens with one attached hydrogen (secondary N) is 3. The molecule has 0 radical (unpaired) electrons. The van der Waals surface area contributed by atoms with Crippen molar-refractivity contribution in [3.63, 3.8) is 0 Å². The summed E-state index contributed by atoms with van der Waals surface area (Å²) < 4.78 is 0. The van der Waals surface area contributed by atoms with Crippen LogP contribution in [0.5, 0.6) is 0 Å². The van der Waals surface area contributed by atoms with E-state index >= 15 is 0 Å². The minimum atomic E-state index is -0.366. The third-order valence-corrected chi connectivity index (χ3v) is 3.70. The fourth-order valence-electron chi connectivity index (χ4n) is 2.49. The average Bonchev–Trinajstić information content (AvgIpc) is 2.57. The lowest BCUT2D eigenvalue weighted by atomic mass is 10.0. The SMILES string of the molecule is CC(O)CNCC(C)O.CCCNCC(CC(C)O)=C(CC(C)O)NCCC. The molecule has 0 saturated carbocycles. The van der Waals surface area contributed by atoms with Gasteiger partial charge in [0, 0.05) is 38.3 Å². The van der Waals surface area contributed by atoms with E-state index in [9.17, 15) is 10.2 Å². The number of hydrogen-bond acceptors (Lipinski definition) is 7. The van der Waals surface area contributed by atoms with E-state index < -0.39 is 0 Å². The molecule has 7 heteroatoms. The lowest BCUT2D eigenvalue weighted by molar-refractivity contribution is 0.164. The van der Waals surface area contributed by atoms with E-state index in [0.717, 1.165) is 38.2 Å². The first-order chi connectivity index (χ1) is 13.1. The molecule has 0 spiro atoms. The zero-order chi connectivity index (χ0) is 21.9. The Hall–Kier alpha value is -0.700. The molecule has 0 aliphatic rings. The summed E-state index contributed by atoms with van der Waals surface area (Å²) >= 11 is 0. The van der Waals surface area contributed by atoms with Crippen molar-refractivity contribution in [1.82, 2.24) is 16.0 Å². The van der Waals surface area contributed by atoms with Gasteiger partial charge in [-0.3, -0.25) is 0 Å². The Balaban J connectivity index is 0. The molecule has 0 fully saturated rings. The second-order valence-electron chi connectivity index (χ2n) is 7.65. The molecule has 0 rings (SSSR count). The highest BCUT2D eigenvalue weighted by Crippen LogP contribution is 2.14. The Kier molecular flexibility index (Phi) is 20.7. The molecule has 0 aromatic heterocycles. The van der Waals surface area contributed by atoms with Gasteiger partial charge in [-0.15, -0.1) is 0 Å². The maximum atomic E-state index is 9.64. The maximum Gasteiger partial charge on any atom is 0.0636 e. The fourth-order valence-corrected chi connectivity index (χ4v) is 2.49. The third-order valence-electron chi connectivity index (χ3n) is 3.70. The second kappa shape index (κ2) is 19.6. The Morgan fingerprint density at radius 1 is 0.679 bits per heavy atom. The van der Waals surface area contributed by atoms with Crippen molar-refractivity contribution < 1.29 is 20.4 Å². The van der Waals surface area contributed by atoms with Crippen LogP contribution in [0.4, 0.5) is 0 Å². The van der Waals surface area contributed by atoms with Crippen LogP contribution in [0.3, 0.4) is 0 Å². The first-order valence-corrected chi connectivity index (χ1v) is 10.7. The molecular formula is C21H47N3O4. The quantitative estimate of drug-likeness (QED) is 0.204. The molecule has 7 nitrogen and oxygen atoms in total. The van der Waals surface area contributed by atoms with Crippen LogP contribution >= 0.6 is 0 Å². The van der Waals surface area contributed by atoms with Crippen molar-refractivity contribution in [2.24, 2.45) is 0 Å². The van der Waals surface area contributed by atoms with E-state index in [-0.39, 0.29) is 24.4 Å². The molecule has 0 bridgehead atoms. The first kappa shape index (κ1) is 29.5. The molecular weight excluding hydrogens is 358 g/mol. The molecule has 0 saturated heterocycles. The third kappa shape index (κ3) is 21.6. The summed E-state index contributed by atoms with van der Waals surface area (Å²) in [4.78, 5) is 0. The number of hydrogen-bond donors (Lipinski definition) is 7.